The molecule has 1 N–H and O–H groups in total. The molecular formula is C33H37N5O3. The highest BCUT2D eigenvalue weighted by Gasteiger charge is 2.29. The molecule has 1 aromatic carbocycles. The van der Waals surface area contributed by atoms with Gasteiger partial charge in [0.2, 0.25) is 0 Å². The van der Waals surface area contributed by atoms with Crippen molar-refractivity contribution >= 4 is 16.7 Å². The minimum absolute atomic E-state index is 0.0336. The van der Waals surface area contributed by atoms with Crippen LogP contribution in [0.4, 0.5) is 0 Å². The molecule has 0 spiro atoms. The number of aromatic amines is 1. The molecule has 1 aliphatic heterocycles. The maximum absolute atomic E-state index is 13.7. The van der Waals surface area contributed by atoms with Gasteiger partial charge in [-0.1, -0.05) is 18.2 Å². The van der Waals surface area contributed by atoms with Crippen LogP contribution >= 0.6 is 0 Å². The van der Waals surface area contributed by atoms with Gasteiger partial charge in [-0.15, -0.1) is 0 Å². The molecule has 0 saturated carbocycles. The lowest BCUT2D eigenvalue weighted by Gasteiger charge is -2.36. The van der Waals surface area contributed by atoms with Crippen molar-refractivity contribution < 1.29 is 9.53 Å². The Balaban J connectivity index is 1.34. The van der Waals surface area contributed by atoms with E-state index in [0.717, 1.165) is 65.9 Å². The van der Waals surface area contributed by atoms with Crippen LogP contribution in [0.1, 0.15) is 70.7 Å². The second-order valence-electron chi connectivity index (χ2n) is 11.1. The summed E-state index contributed by atoms with van der Waals surface area (Å²) < 4.78 is 7.78. The topological polar surface area (TPSA) is 104 Å². The molecule has 1 aliphatic rings. The molecule has 0 amide bonds. The molecule has 4 aromatic rings. The Morgan fingerprint density at radius 2 is 1.98 bits per heavy atom. The van der Waals surface area contributed by atoms with Crippen molar-refractivity contribution in [2.75, 3.05) is 20.2 Å². The van der Waals surface area contributed by atoms with Crippen LogP contribution in [0.15, 0.2) is 53.6 Å². The van der Waals surface area contributed by atoms with Crippen molar-refractivity contribution in [1.29, 1.82) is 5.26 Å². The zero-order chi connectivity index (χ0) is 29.1. The van der Waals surface area contributed by atoms with Crippen LogP contribution < -0.4 is 10.3 Å². The van der Waals surface area contributed by atoms with E-state index in [-0.39, 0.29) is 23.8 Å². The molecule has 4 heterocycles. The number of fused-ring (bicyclic) bond motifs is 1. The van der Waals surface area contributed by atoms with E-state index < -0.39 is 0 Å². The maximum Gasteiger partial charge on any atom is 0.255 e. The fraction of sp³-hybridized carbons (Fsp3) is 0.394. The largest absolute Gasteiger partial charge is 0.496 e. The number of rotatable bonds is 9. The minimum Gasteiger partial charge on any atom is -0.496 e. The van der Waals surface area contributed by atoms with Gasteiger partial charge in [0.15, 0.2) is 5.78 Å². The Morgan fingerprint density at radius 1 is 1.22 bits per heavy atom. The van der Waals surface area contributed by atoms with Crippen LogP contribution in [0.2, 0.25) is 0 Å². The maximum atomic E-state index is 13.7. The average molecular weight is 552 g/mol. The number of carbonyl (C=O) groups excluding carboxylic acids is 1. The van der Waals surface area contributed by atoms with E-state index in [0.29, 0.717) is 29.2 Å². The first-order valence-corrected chi connectivity index (χ1v) is 14.3. The Morgan fingerprint density at radius 3 is 2.71 bits per heavy atom. The second-order valence-corrected chi connectivity index (χ2v) is 11.1. The van der Waals surface area contributed by atoms with Gasteiger partial charge in [-0.2, -0.15) is 5.26 Å². The van der Waals surface area contributed by atoms with Crippen LogP contribution in [-0.4, -0.2) is 45.4 Å². The van der Waals surface area contributed by atoms with E-state index in [1.807, 2.05) is 32.0 Å². The number of aryl methyl sites for hydroxylation is 1. The summed E-state index contributed by atoms with van der Waals surface area (Å²) in [4.78, 5) is 35.7. The Kier molecular flexibility index (Phi) is 8.36. The minimum atomic E-state index is -0.207. The number of methoxy groups -OCH3 is 1. The number of aromatic nitrogens is 3. The molecule has 212 valence electrons. The van der Waals surface area contributed by atoms with Crippen LogP contribution in [0.25, 0.3) is 10.9 Å². The molecule has 1 saturated heterocycles. The molecule has 5 rings (SSSR count). The van der Waals surface area contributed by atoms with E-state index in [4.69, 9.17) is 4.74 Å². The molecular weight excluding hydrogens is 514 g/mol. The third-order valence-corrected chi connectivity index (χ3v) is 8.63. The van der Waals surface area contributed by atoms with E-state index in [2.05, 4.69) is 38.5 Å². The molecule has 0 aliphatic carbocycles. The fourth-order valence-corrected chi connectivity index (χ4v) is 6.44. The lowest BCUT2D eigenvalue weighted by molar-refractivity contribution is 0.0983. The van der Waals surface area contributed by atoms with Gasteiger partial charge < -0.3 is 14.3 Å². The standard InChI is InChI=1S/C33H37N5O3/c1-21-17-31(41-4)28(33(40)36-21)9-10-30(39)32-23(3)38(29-8-6-5-7-27(29)32)22(2)24-12-15-37(16-13-24)20-26-19-35-14-11-25(26)18-34/h5-8,11,14,17,19,22,24H,9-10,12-13,15-16,20H2,1-4H3,(H,36,40)/t22-/m1/s1. The first-order valence-electron chi connectivity index (χ1n) is 14.3. The zero-order valence-corrected chi connectivity index (χ0v) is 24.2. The summed E-state index contributed by atoms with van der Waals surface area (Å²) in [6, 6.07) is 14.2. The number of piperidine rings is 1. The first kappa shape index (κ1) is 28.3. The molecule has 1 fully saturated rings. The molecule has 41 heavy (non-hydrogen) atoms. The monoisotopic (exact) mass is 551 g/mol. The number of nitrogens with zero attached hydrogens (tertiary/aromatic N) is 4. The number of nitrogens with one attached hydrogen (secondary N) is 1. The summed E-state index contributed by atoms with van der Waals surface area (Å²) in [5, 5.41) is 10.4. The SMILES string of the molecule is COc1cc(C)[nH]c(=O)c1CCC(=O)c1c(C)n([C@H](C)C2CCN(Cc3cnccc3C#N)CC2)c2ccccc12. The lowest BCUT2D eigenvalue weighted by Crippen LogP contribution is -2.36. The summed E-state index contributed by atoms with van der Waals surface area (Å²) in [7, 11) is 1.55. The van der Waals surface area contributed by atoms with Crippen molar-refractivity contribution in [2.45, 2.75) is 59.0 Å². The smallest absolute Gasteiger partial charge is 0.255 e. The first-order chi connectivity index (χ1) is 19.8. The van der Waals surface area contributed by atoms with Crippen LogP contribution in [0.3, 0.4) is 0 Å². The van der Waals surface area contributed by atoms with Crippen molar-refractivity contribution in [3.63, 3.8) is 0 Å². The number of benzene rings is 1. The molecule has 3 aromatic heterocycles. The number of H-pyrrole nitrogens is 1. The third kappa shape index (κ3) is 5.68. The van der Waals surface area contributed by atoms with Gasteiger partial charge in [-0.25, -0.2) is 0 Å². The molecule has 8 heteroatoms. The number of carbonyl (C=O) groups is 1. The van der Waals surface area contributed by atoms with Crippen LogP contribution in [0, 0.1) is 31.1 Å². The van der Waals surface area contributed by atoms with E-state index in [1.54, 1.807) is 31.6 Å². The number of likely N-dealkylation sites (tertiary alicyclic amines) is 1. The lowest BCUT2D eigenvalue weighted by atomic mass is 9.89. The molecule has 0 unspecified atom stereocenters. The van der Waals surface area contributed by atoms with E-state index in [1.165, 1.54) is 0 Å². The van der Waals surface area contributed by atoms with Crippen molar-refractivity contribution in [2.24, 2.45) is 5.92 Å². The number of hydrogen-bond donors (Lipinski definition) is 1. The molecule has 0 radical (unpaired) electrons. The van der Waals surface area contributed by atoms with E-state index in [9.17, 15) is 14.9 Å². The van der Waals surface area contributed by atoms with Crippen LogP contribution in [0.5, 0.6) is 5.75 Å². The molecule has 0 bridgehead atoms. The highest BCUT2D eigenvalue weighted by molar-refractivity contribution is 6.09. The Bertz CT molecular complexity index is 1670. The predicted molar refractivity (Wildman–Crippen MR) is 159 cm³/mol. The summed E-state index contributed by atoms with van der Waals surface area (Å²) >= 11 is 0. The predicted octanol–water partition coefficient (Wildman–Crippen LogP) is 5.51. The van der Waals surface area contributed by atoms with Gasteiger partial charge in [0.05, 0.1) is 24.3 Å². The fourth-order valence-electron chi connectivity index (χ4n) is 6.44. The summed E-state index contributed by atoms with van der Waals surface area (Å²) in [6.07, 6.45) is 6.07. The number of para-hydroxylation sites is 1. The highest BCUT2D eigenvalue weighted by Crippen LogP contribution is 2.36. The number of hydrogen-bond acceptors (Lipinski definition) is 6. The van der Waals surface area contributed by atoms with E-state index >= 15 is 0 Å². The summed E-state index contributed by atoms with van der Waals surface area (Å²) in [5.74, 6) is 1.01. The number of Topliss-reactive ketones (excluding diaryl/α,β-unsaturated/α-hetero) is 1. The van der Waals surface area contributed by atoms with Gasteiger partial charge in [0, 0.05) is 64.8 Å². The summed E-state index contributed by atoms with van der Waals surface area (Å²) in [5.41, 5.74) is 5.47. The zero-order valence-electron chi connectivity index (χ0n) is 24.2. The van der Waals surface area contributed by atoms with Gasteiger partial charge in [-0.3, -0.25) is 19.5 Å². The van der Waals surface area contributed by atoms with Gasteiger partial charge in [0.1, 0.15) is 5.75 Å². The number of ether oxygens (including phenoxy) is 1. The second kappa shape index (κ2) is 12.1. The Labute approximate surface area is 240 Å². The van der Waals surface area contributed by atoms with Crippen molar-refractivity contribution in [3.8, 4) is 11.8 Å². The van der Waals surface area contributed by atoms with Crippen molar-refractivity contribution in [3.05, 3.63) is 92.8 Å². The average Bonchev–Trinajstić information content (AvgIpc) is 3.28. The van der Waals surface area contributed by atoms with Gasteiger partial charge in [0.25, 0.3) is 5.56 Å². The molecule has 8 nitrogen and oxygen atoms in total. The number of nitriles is 1. The van der Waals surface area contributed by atoms with Gasteiger partial charge in [-0.05, 0) is 77.2 Å². The Hall–Kier alpha value is -4.22. The molecule has 1 atom stereocenters. The van der Waals surface area contributed by atoms with Crippen LogP contribution in [-0.2, 0) is 13.0 Å². The third-order valence-electron chi connectivity index (χ3n) is 8.63. The number of ketones is 1. The quantitative estimate of drug-likeness (QED) is 0.275. The normalized spacial score (nSPS) is 15.1. The highest BCUT2D eigenvalue weighted by atomic mass is 16.5. The van der Waals surface area contributed by atoms with Crippen molar-refractivity contribution in [1.82, 2.24) is 19.4 Å². The number of pyridine rings is 2. The summed E-state index contributed by atoms with van der Waals surface area (Å²) in [6.45, 7) is 8.75. The van der Waals surface area contributed by atoms with Gasteiger partial charge >= 0.3 is 0 Å².